The van der Waals surface area contributed by atoms with Crippen molar-refractivity contribution in [2.24, 2.45) is 0 Å². The maximum absolute atomic E-state index is 5.90. The predicted molar refractivity (Wildman–Crippen MR) is 60.8 cm³/mol. The van der Waals surface area contributed by atoms with Gasteiger partial charge in [0.25, 0.3) is 0 Å². The summed E-state index contributed by atoms with van der Waals surface area (Å²) in [6, 6.07) is 1.93. The summed E-state index contributed by atoms with van der Waals surface area (Å²) in [6.07, 6.45) is 3.49. The fraction of sp³-hybridized carbons (Fsp3) is 0.125. The minimum atomic E-state index is 0.435. The fourth-order valence-electron chi connectivity index (χ4n) is 1.09. The van der Waals surface area contributed by atoms with E-state index in [9.17, 15) is 0 Å². The number of pyridine rings is 1. The normalized spacial score (nSPS) is 10.4. The topological polar surface area (TPSA) is 38.7 Å². The van der Waals surface area contributed by atoms with Crippen LogP contribution in [0.1, 0.15) is 5.56 Å². The Morgan fingerprint density at radius 2 is 2.29 bits per heavy atom. The van der Waals surface area contributed by atoms with E-state index in [1.54, 1.807) is 12.4 Å². The van der Waals surface area contributed by atoms with Crippen LogP contribution in [0.4, 0.5) is 0 Å². The monoisotopic (exact) mass is 289 g/mol. The summed E-state index contributed by atoms with van der Waals surface area (Å²) in [5.41, 5.74) is 2.75. The molecule has 14 heavy (non-hydrogen) atoms. The Balaban J connectivity index is 2.56. The van der Waals surface area contributed by atoms with Gasteiger partial charge in [0.15, 0.2) is 5.15 Å². The molecule has 2 aromatic heterocycles. The zero-order chi connectivity index (χ0) is 9.97. The van der Waals surface area contributed by atoms with Crippen molar-refractivity contribution in [2.45, 2.75) is 5.33 Å². The highest BCUT2D eigenvalue weighted by atomic mass is 79.9. The Hall–Kier alpha value is -0.520. The third-order valence-electron chi connectivity index (χ3n) is 1.76. The molecule has 0 unspecified atom stereocenters. The molecule has 0 fully saturated rings. The number of aromatic nitrogens is 3. The molecule has 0 atom stereocenters. The van der Waals surface area contributed by atoms with E-state index in [2.05, 4.69) is 29.7 Å². The Labute approximate surface area is 98.6 Å². The van der Waals surface area contributed by atoms with Gasteiger partial charge in [-0.2, -0.15) is 8.75 Å². The lowest BCUT2D eigenvalue weighted by molar-refractivity contribution is 1.27. The molecule has 0 bridgehead atoms. The van der Waals surface area contributed by atoms with Gasteiger partial charge in [0.1, 0.15) is 5.69 Å². The van der Waals surface area contributed by atoms with Crippen molar-refractivity contribution in [3.05, 3.63) is 29.2 Å². The number of hydrogen-bond acceptors (Lipinski definition) is 4. The molecular formula is C8H5BrClN3S. The van der Waals surface area contributed by atoms with Crippen LogP contribution >= 0.6 is 39.3 Å². The van der Waals surface area contributed by atoms with Crippen LogP contribution in [0, 0.1) is 0 Å². The van der Waals surface area contributed by atoms with Gasteiger partial charge in [-0.15, -0.1) is 0 Å². The number of rotatable bonds is 2. The van der Waals surface area contributed by atoms with E-state index in [4.69, 9.17) is 11.6 Å². The maximum atomic E-state index is 5.90. The average Bonchev–Trinajstić information content (AvgIpc) is 2.64. The molecule has 0 aromatic carbocycles. The van der Waals surface area contributed by atoms with Gasteiger partial charge < -0.3 is 0 Å². The van der Waals surface area contributed by atoms with E-state index in [0.717, 1.165) is 28.2 Å². The Kier molecular flexibility index (Phi) is 3.10. The molecule has 72 valence electrons. The molecule has 0 aliphatic carbocycles. The van der Waals surface area contributed by atoms with E-state index in [1.165, 1.54) is 0 Å². The number of hydrogen-bond donors (Lipinski definition) is 0. The van der Waals surface area contributed by atoms with E-state index >= 15 is 0 Å². The van der Waals surface area contributed by atoms with Crippen molar-refractivity contribution in [1.29, 1.82) is 0 Å². The second-order valence-electron chi connectivity index (χ2n) is 2.57. The van der Waals surface area contributed by atoms with Crippen molar-refractivity contribution < 1.29 is 0 Å². The van der Waals surface area contributed by atoms with Gasteiger partial charge in [0.05, 0.1) is 11.7 Å². The van der Waals surface area contributed by atoms with E-state index in [1.807, 2.05) is 6.07 Å². The van der Waals surface area contributed by atoms with Crippen molar-refractivity contribution in [3.8, 4) is 11.3 Å². The zero-order valence-corrected chi connectivity index (χ0v) is 10.1. The molecule has 0 aliphatic heterocycles. The van der Waals surface area contributed by atoms with Crippen LogP contribution in [0.5, 0.6) is 0 Å². The molecule has 0 saturated carbocycles. The van der Waals surface area contributed by atoms with Crippen molar-refractivity contribution in [3.63, 3.8) is 0 Å². The van der Waals surface area contributed by atoms with Crippen LogP contribution < -0.4 is 0 Å². The molecule has 0 spiro atoms. The molecule has 2 rings (SSSR count). The lowest BCUT2D eigenvalue weighted by Crippen LogP contribution is -1.88. The van der Waals surface area contributed by atoms with E-state index < -0.39 is 0 Å². The molecule has 0 amide bonds. The van der Waals surface area contributed by atoms with Crippen LogP contribution in [0.3, 0.4) is 0 Å². The Morgan fingerprint density at radius 3 is 2.93 bits per heavy atom. The second kappa shape index (κ2) is 4.33. The third kappa shape index (κ3) is 1.80. The maximum Gasteiger partial charge on any atom is 0.170 e. The van der Waals surface area contributed by atoms with E-state index in [0.29, 0.717) is 10.8 Å². The standard InChI is InChI=1S/C8H5BrClN3S/c9-3-5-1-2-11-4-6(5)7-8(10)13-14-12-7/h1-2,4H,3H2. The highest BCUT2D eigenvalue weighted by molar-refractivity contribution is 9.08. The van der Waals surface area contributed by atoms with Gasteiger partial charge >= 0.3 is 0 Å². The number of nitrogens with zero attached hydrogens (tertiary/aromatic N) is 3. The summed E-state index contributed by atoms with van der Waals surface area (Å²) in [7, 11) is 0. The zero-order valence-electron chi connectivity index (χ0n) is 6.94. The van der Waals surface area contributed by atoms with Crippen molar-refractivity contribution in [2.75, 3.05) is 0 Å². The summed E-state index contributed by atoms with van der Waals surface area (Å²) in [4.78, 5) is 4.05. The molecule has 0 aliphatic rings. The lowest BCUT2D eigenvalue weighted by atomic mass is 10.1. The first-order valence-electron chi connectivity index (χ1n) is 3.80. The van der Waals surface area contributed by atoms with Crippen LogP contribution in [0.25, 0.3) is 11.3 Å². The SMILES string of the molecule is Clc1nsnc1-c1cnccc1CBr. The summed E-state index contributed by atoms with van der Waals surface area (Å²) >= 11 is 10.4. The molecule has 2 aromatic rings. The van der Waals surface area contributed by atoms with Crippen LogP contribution in [-0.2, 0) is 5.33 Å². The third-order valence-corrected chi connectivity index (χ3v) is 3.26. The lowest BCUT2D eigenvalue weighted by Gasteiger charge is -2.02. The van der Waals surface area contributed by atoms with Crippen molar-refractivity contribution >= 4 is 39.3 Å². The molecule has 0 N–H and O–H groups in total. The van der Waals surface area contributed by atoms with Gasteiger partial charge in [-0.3, -0.25) is 4.98 Å². The molecular weight excluding hydrogens is 286 g/mol. The Morgan fingerprint density at radius 1 is 1.43 bits per heavy atom. The summed E-state index contributed by atoms with van der Waals surface area (Å²) in [6.45, 7) is 0. The largest absolute Gasteiger partial charge is 0.264 e. The highest BCUT2D eigenvalue weighted by Crippen LogP contribution is 2.28. The summed E-state index contributed by atoms with van der Waals surface area (Å²) < 4.78 is 8.05. The first-order valence-corrected chi connectivity index (χ1v) is 6.03. The predicted octanol–water partition coefficient (Wildman–Crippen LogP) is 3.15. The summed E-state index contributed by atoms with van der Waals surface area (Å²) in [5, 5.41) is 1.18. The molecule has 0 radical (unpaired) electrons. The summed E-state index contributed by atoms with van der Waals surface area (Å²) in [5.74, 6) is 0. The molecule has 6 heteroatoms. The second-order valence-corrected chi connectivity index (χ2v) is 4.02. The number of alkyl halides is 1. The smallest absolute Gasteiger partial charge is 0.170 e. The van der Waals surface area contributed by atoms with Crippen LogP contribution in [0.15, 0.2) is 18.5 Å². The Bertz CT molecular complexity index is 446. The first kappa shape index (κ1) is 10.0. The minimum absolute atomic E-state index is 0.435. The van der Waals surface area contributed by atoms with Crippen molar-refractivity contribution in [1.82, 2.24) is 13.7 Å². The first-order chi connectivity index (χ1) is 6.83. The highest BCUT2D eigenvalue weighted by Gasteiger charge is 2.11. The number of halogens is 2. The molecule has 3 nitrogen and oxygen atoms in total. The van der Waals surface area contributed by atoms with Gasteiger partial charge in [-0.05, 0) is 11.6 Å². The quantitative estimate of drug-likeness (QED) is 0.798. The van der Waals surface area contributed by atoms with Gasteiger partial charge in [-0.1, -0.05) is 27.5 Å². The molecule has 2 heterocycles. The van der Waals surface area contributed by atoms with Crippen LogP contribution in [0.2, 0.25) is 5.15 Å². The fourth-order valence-corrected chi connectivity index (χ4v) is 2.33. The van der Waals surface area contributed by atoms with E-state index in [-0.39, 0.29) is 0 Å². The van der Waals surface area contributed by atoms with Gasteiger partial charge in [-0.25, -0.2) is 0 Å². The van der Waals surface area contributed by atoms with Crippen LogP contribution in [-0.4, -0.2) is 13.7 Å². The van der Waals surface area contributed by atoms with Gasteiger partial charge in [0.2, 0.25) is 0 Å². The minimum Gasteiger partial charge on any atom is -0.264 e. The average molecular weight is 291 g/mol. The molecule has 0 saturated heterocycles. The van der Waals surface area contributed by atoms with Gasteiger partial charge in [0, 0.05) is 23.3 Å².